The maximum Gasteiger partial charge on any atom is 0.119 e. The van der Waals surface area contributed by atoms with E-state index in [1.54, 1.807) is 0 Å². The fourth-order valence-electron chi connectivity index (χ4n) is 5.52. The van der Waals surface area contributed by atoms with Crippen molar-refractivity contribution in [1.82, 2.24) is 0 Å². The Morgan fingerprint density at radius 3 is 1.17 bits per heavy atom. The van der Waals surface area contributed by atoms with Crippen LogP contribution in [0.2, 0.25) is 0 Å². The summed E-state index contributed by atoms with van der Waals surface area (Å²) in [5.74, 6) is 0.564. The Kier molecular flexibility index (Phi) is 21.4. The van der Waals surface area contributed by atoms with Crippen molar-refractivity contribution < 1.29 is 5.11 Å². The van der Waals surface area contributed by atoms with E-state index in [0.29, 0.717) is 5.75 Å². The largest absolute Gasteiger partial charge is 0.508 e. The van der Waals surface area contributed by atoms with Gasteiger partial charge in [0, 0.05) is 0 Å². The van der Waals surface area contributed by atoms with Crippen LogP contribution < -0.4 is 0 Å². The van der Waals surface area contributed by atoms with Gasteiger partial charge in [0.25, 0.3) is 0 Å². The van der Waals surface area contributed by atoms with Crippen molar-refractivity contribution in [2.75, 3.05) is 0 Å². The lowest BCUT2D eigenvalue weighted by molar-refractivity contribution is 0.463. The number of phenols is 1. The number of benzene rings is 1. The first-order valence-electron chi connectivity index (χ1n) is 16.1. The summed E-state index contributed by atoms with van der Waals surface area (Å²) in [6.07, 6.45) is 33.3. The summed E-state index contributed by atoms with van der Waals surface area (Å²) in [6, 6.07) is 4.26. The molecule has 0 unspecified atom stereocenters. The van der Waals surface area contributed by atoms with E-state index in [4.69, 9.17) is 0 Å². The van der Waals surface area contributed by atoms with Gasteiger partial charge in [-0.25, -0.2) is 0 Å². The second-order valence-corrected chi connectivity index (χ2v) is 11.2. The molecule has 0 aliphatic heterocycles. The summed E-state index contributed by atoms with van der Waals surface area (Å²) in [6.45, 7) is 6.88. The number of hydrogen-bond acceptors (Lipinski definition) is 1. The molecule has 0 spiro atoms. The fraction of sp³-hybridized carbons (Fsp3) is 0.824. The average Bonchev–Trinajstić information content (AvgIpc) is 2.86. The highest BCUT2D eigenvalue weighted by Crippen LogP contribution is 2.30. The van der Waals surface area contributed by atoms with Crippen molar-refractivity contribution in [1.29, 1.82) is 0 Å². The molecule has 1 aromatic carbocycles. The summed E-state index contributed by atoms with van der Waals surface area (Å²) in [5, 5.41) is 10.8. The first kappa shape index (κ1) is 32.0. The van der Waals surface area contributed by atoms with Gasteiger partial charge in [-0.15, -0.1) is 0 Å². The van der Waals surface area contributed by atoms with Crippen molar-refractivity contribution in [3.63, 3.8) is 0 Å². The van der Waals surface area contributed by atoms with Crippen LogP contribution in [0.25, 0.3) is 0 Å². The molecule has 1 aromatic rings. The van der Waals surface area contributed by atoms with E-state index < -0.39 is 0 Å². The molecule has 0 aliphatic rings. The van der Waals surface area contributed by atoms with Crippen LogP contribution in [0.1, 0.15) is 179 Å². The van der Waals surface area contributed by atoms with Gasteiger partial charge in [-0.2, -0.15) is 0 Å². The maximum atomic E-state index is 10.8. The third kappa shape index (κ3) is 16.4. The van der Waals surface area contributed by atoms with Crippen LogP contribution in [0.4, 0.5) is 0 Å². The van der Waals surface area contributed by atoms with Gasteiger partial charge in [0.15, 0.2) is 0 Å². The molecule has 1 rings (SSSR count). The molecule has 1 N–H and O–H groups in total. The maximum absolute atomic E-state index is 10.8. The monoisotopic (exact) mass is 486 g/mol. The number of phenolic OH excluding ortho intramolecular Hbond substituents is 1. The van der Waals surface area contributed by atoms with Gasteiger partial charge in [0.1, 0.15) is 5.75 Å². The van der Waals surface area contributed by atoms with E-state index in [9.17, 15) is 5.11 Å². The number of unbranched alkanes of at least 4 members (excludes halogenated alkanes) is 19. The minimum absolute atomic E-state index is 0.564. The SMILES string of the molecule is CCCCCCCCCCc1c(O)ccc(CCCCCCCCC)c1CCCCCCCCC. The third-order valence-electron chi connectivity index (χ3n) is 7.86. The van der Waals surface area contributed by atoms with Gasteiger partial charge in [0.05, 0.1) is 0 Å². The first-order chi connectivity index (χ1) is 17.2. The Morgan fingerprint density at radius 2 is 0.743 bits per heavy atom. The zero-order valence-corrected chi connectivity index (χ0v) is 24.3. The molecule has 0 saturated heterocycles. The smallest absolute Gasteiger partial charge is 0.119 e. The van der Waals surface area contributed by atoms with Crippen molar-refractivity contribution in [3.05, 3.63) is 28.8 Å². The average molecular weight is 487 g/mol. The zero-order chi connectivity index (χ0) is 25.4. The molecule has 0 heterocycles. The Balaban J connectivity index is 2.59. The number of rotatable bonds is 25. The molecule has 0 aromatic heterocycles. The molecular weight excluding hydrogens is 424 g/mol. The van der Waals surface area contributed by atoms with E-state index in [2.05, 4.69) is 26.8 Å². The van der Waals surface area contributed by atoms with E-state index in [1.165, 1.54) is 171 Å². The van der Waals surface area contributed by atoms with Crippen LogP contribution in [0, 0.1) is 0 Å². The van der Waals surface area contributed by atoms with Gasteiger partial charge >= 0.3 is 0 Å². The van der Waals surface area contributed by atoms with Crippen LogP contribution >= 0.6 is 0 Å². The molecule has 0 atom stereocenters. The molecule has 0 fully saturated rings. The molecular formula is C34H62O. The van der Waals surface area contributed by atoms with Gasteiger partial charge in [-0.05, 0) is 61.3 Å². The minimum atomic E-state index is 0.564. The molecule has 1 heteroatoms. The Morgan fingerprint density at radius 1 is 0.400 bits per heavy atom. The van der Waals surface area contributed by atoms with Crippen molar-refractivity contribution in [2.24, 2.45) is 0 Å². The lowest BCUT2D eigenvalue weighted by Gasteiger charge is -2.17. The second-order valence-electron chi connectivity index (χ2n) is 11.2. The predicted molar refractivity (Wildman–Crippen MR) is 158 cm³/mol. The van der Waals surface area contributed by atoms with Gasteiger partial charge < -0.3 is 5.11 Å². The van der Waals surface area contributed by atoms with Crippen LogP contribution in [-0.4, -0.2) is 5.11 Å². The molecule has 0 amide bonds. The van der Waals surface area contributed by atoms with Crippen molar-refractivity contribution in [2.45, 2.75) is 181 Å². The van der Waals surface area contributed by atoms with E-state index in [1.807, 2.05) is 6.07 Å². The van der Waals surface area contributed by atoms with Crippen LogP contribution in [0.15, 0.2) is 12.1 Å². The highest BCUT2D eigenvalue weighted by molar-refractivity contribution is 5.45. The quantitative estimate of drug-likeness (QED) is 0.136. The summed E-state index contributed by atoms with van der Waals surface area (Å²) < 4.78 is 0. The van der Waals surface area contributed by atoms with Crippen molar-refractivity contribution >= 4 is 0 Å². The second kappa shape index (κ2) is 23.4. The normalized spacial score (nSPS) is 11.4. The topological polar surface area (TPSA) is 20.2 Å². The van der Waals surface area contributed by atoms with Gasteiger partial charge in [0.2, 0.25) is 0 Å². The molecule has 0 bridgehead atoms. The van der Waals surface area contributed by atoms with E-state index >= 15 is 0 Å². The molecule has 1 nitrogen and oxygen atoms in total. The number of aromatic hydroxyl groups is 1. The van der Waals surface area contributed by atoms with Crippen LogP contribution in [0.3, 0.4) is 0 Å². The molecule has 204 valence electrons. The first-order valence-corrected chi connectivity index (χ1v) is 16.1. The number of hydrogen-bond donors (Lipinski definition) is 1. The summed E-state index contributed by atoms with van der Waals surface area (Å²) in [4.78, 5) is 0. The van der Waals surface area contributed by atoms with Crippen LogP contribution in [0.5, 0.6) is 5.75 Å². The van der Waals surface area contributed by atoms with Crippen LogP contribution in [-0.2, 0) is 19.3 Å². The Hall–Kier alpha value is -0.980. The molecule has 0 aliphatic carbocycles. The minimum Gasteiger partial charge on any atom is -0.508 e. The molecule has 0 radical (unpaired) electrons. The van der Waals surface area contributed by atoms with E-state index in [0.717, 1.165) is 6.42 Å². The Labute approximate surface area is 220 Å². The standard InChI is InChI=1S/C34H62O/c1-4-7-10-13-16-19-22-25-28-33-32(27-24-21-18-15-12-9-6-3)31(29-30-34(33)35)26-23-20-17-14-11-8-5-2/h29-30,35H,4-28H2,1-3H3. The number of aryl methyl sites for hydroxylation is 1. The highest BCUT2D eigenvalue weighted by atomic mass is 16.3. The summed E-state index contributed by atoms with van der Waals surface area (Å²) in [7, 11) is 0. The predicted octanol–water partition coefficient (Wildman–Crippen LogP) is 11.7. The molecule has 0 saturated carbocycles. The Bertz CT molecular complexity index is 590. The zero-order valence-electron chi connectivity index (χ0n) is 24.3. The van der Waals surface area contributed by atoms with Gasteiger partial charge in [-0.3, -0.25) is 0 Å². The highest BCUT2D eigenvalue weighted by Gasteiger charge is 2.13. The van der Waals surface area contributed by atoms with Gasteiger partial charge in [-0.1, -0.05) is 149 Å². The third-order valence-corrected chi connectivity index (χ3v) is 7.86. The van der Waals surface area contributed by atoms with Crippen molar-refractivity contribution in [3.8, 4) is 5.75 Å². The summed E-state index contributed by atoms with van der Waals surface area (Å²) in [5.41, 5.74) is 4.35. The lowest BCUT2D eigenvalue weighted by Crippen LogP contribution is -2.03. The lowest BCUT2D eigenvalue weighted by atomic mass is 9.89. The van der Waals surface area contributed by atoms with E-state index in [-0.39, 0.29) is 0 Å². The molecule has 35 heavy (non-hydrogen) atoms. The summed E-state index contributed by atoms with van der Waals surface area (Å²) >= 11 is 0. The fourth-order valence-corrected chi connectivity index (χ4v) is 5.52.